The van der Waals surface area contributed by atoms with Crippen molar-refractivity contribution < 1.29 is 9.47 Å². The Hall–Kier alpha value is -1.44. The average molecular weight is 295 g/mol. The number of anilines is 2. The number of hydrogen-bond acceptors (Lipinski definition) is 7. The Bertz CT molecular complexity index is 443. The smallest absolute Gasteiger partial charge is 0.158 e. The highest BCUT2D eigenvalue weighted by Gasteiger charge is 2.26. The van der Waals surface area contributed by atoms with Crippen molar-refractivity contribution in [1.29, 1.82) is 0 Å². The summed E-state index contributed by atoms with van der Waals surface area (Å²) in [6, 6.07) is 1.80. The van der Waals surface area contributed by atoms with Crippen molar-refractivity contribution >= 4 is 11.6 Å². The van der Waals surface area contributed by atoms with Crippen molar-refractivity contribution in [3.63, 3.8) is 0 Å². The molecule has 0 aliphatic carbocycles. The van der Waals surface area contributed by atoms with Gasteiger partial charge in [0.15, 0.2) is 5.82 Å². The van der Waals surface area contributed by atoms with E-state index < -0.39 is 0 Å². The van der Waals surface area contributed by atoms with Gasteiger partial charge in [0, 0.05) is 31.7 Å². The highest BCUT2D eigenvalue weighted by molar-refractivity contribution is 5.46. The van der Waals surface area contributed by atoms with E-state index in [1.807, 2.05) is 6.92 Å². The fraction of sp³-hybridized carbons (Fsp3) is 0.714. The number of hydrogen-bond donors (Lipinski definition) is 3. The molecule has 2 rings (SSSR count). The monoisotopic (exact) mass is 295 g/mol. The summed E-state index contributed by atoms with van der Waals surface area (Å²) in [5.41, 5.74) is 2.56. The summed E-state index contributed by atoms with van der Waals surface area (Å²) in [4.78, 5) is 8.71. The molecule has 21 heavy (non-hydrogen) atoms. The number of aromatic nitrogens is 2. The van der Waals surface area contributed by atoms with Gasteiger partial charge in [-0.15, -0.1) is 0 Å². The molecule has 1 aliphatic heterocycles. The van der Waals surface area contributed by atoms with Crippen LogP contribution in [0.1, 0.15) is 32.5 Å². The van der Waals surface area contributed by atoms with Crippen LogP contribution >= 0.6 is 0 Å². The SMILES string of the molecule is CCOCc1nc(NN)cc(NCC2CCOC2CC)n1. The maximum Gasteiger partial charge on any atom is 0.158 e. The van der Waals surface area contributed by atoms with Gasteiger partial charge >= 0.3 is 0 Å². The lowest BCUT2D eigenvalue weighted by atomic mass is 10.00. The van der Waals surface area contributed by atoms with E-state index in [9.17, 15) is 0 Å². The fourth-order valence-electron chi connectivity index (χ4n) is 2.53. The summed E-state index contributed by atoms with van der Waals surface area (Å²) in [5.74, 6) is 7.93. The van der Waals surface area contributed by atoms with Gasteiger partial charge < -0.3 is 20.2 Å². The Morgan fingerprint density at radius 3 is 2.90 bits per heavy atom. The molecule has 1 aromatic heterocycles. The molecule has 7 heteroatoms. The molecule has 0 spiro atoms. The van der Waals surface area contributed by atoms with Gasteiger partial charge in [0.2, 0.25) is 0 Å². The summed E-state index contributed by atoms with van der Waals surface area (Å²) in [6.45, 7) is 6.79. The summed E-state index contributed by atoms with van der Waals surface area (Å²) < 4.78 is 11.0. The second-order valence-corrected chi connectivity index (χ2v) is 5.08. The Balaban J connectivity index is 1.97. The lowest BCUT2D eigenvalue weighted by molar-refractivity contribution is 0.0900. The highest BCUT2D eigenvalue weighted by Crippen LogP contribution is 2.23. The van der Waals surface area contributed by atoms with Gasteiger partial charge in [-0.2, -0.15) is 0 Å². The number of hydrazine groups is 1. The van der Waals surface area contributed by atoms with Crippen LogP contribution in [0.15, 0.2) is 6.07 Å². The van der Waals surface area contributed by atoms with Gasteiger partial charge in [-0.25, -0.2) is 15.8 Å². The maximum absolute atomic E-state index is 5.70. The highest BCUT2D eigenvalue weighted by atomic mass is 16.5. The Labute approximate surface area is 125 Å². The molecule has 0 aromatic carbocycles. The van der Waals surface area contributed by atoms with Crippen LogP contribution in [0.25, 0.3) is 0 Å². The van der Waals surface area contributed by atoms with Crippen LogP contribution in [0, 0.1) is 5.92 Å². The number of nitrogens with zero attached hydrogens (tertiary/aromatic N) is 2. The predicted molar refractivity (Wildman–Crippen MR) is 81.8 cm³/mol. The number of nitrogens with two attached hydrogens (primary N) is 1. The van der Waals surface area contributed by atoms with Crippen LogP contribution in [0.4, 0.5) is 11.6 Å². The van der Waals surface area contributed by atoms with Crippen molar-refractivity contribution in [2.75, 3.05) is 30.5 Å². The van der Waals surface area contributed by atoms with E-state index in [4.69, 9.17) is 15.3 Å². The molecule has 0 radical (unpaired) electrons. The van der Waals surface area contributed by atoms with E-state index in [0.717, 1.165) is 31.8 Å². The second kappa shape index (κ2) is 8.11. The maximum atomic E-state index is 5.70. The molecule has 0 saturated carbocycles. The molecule has 1 aliphatic rings. The van der Waals surface area contributed by atoms with E-state index >= 15 is 0 Å². The Kier molecular flexibility index (Phi) is 6.16. The molecule has 118 valence electrons. The Morgan fingerprint density at radius 1 is 1.38 bits per heavy atom. The van der Waals surface area contributed by atoms with Crippen LogP contribution in [-0.2, 0) is 16.1 Å². The quantitative estimate of drug-likeness (QED) is 0.494. The van der Waals surface area contributed by atoms with Crippen LogP contribution in [0.3, 0.4) is 0 Å². The third-order valence-electron chi connectivity index (χ3n) is 3.65. The molecule has 0 bridgehead atoms. The minimum absolute atomic E-state index is 0.342. The number of nitrogen functional groups attached to an aromatic ring is 1. The van der Waals surface area contributed by atoms with Gasteiger partial charge in [0.05, 0.1) is 6.10 Å². The lowest BCUT2D eigenvalue weighted by Gasteiger charge is -2.18. The van der Waals surface area contributed by atoms with Gasteiger partial charge in [0.25, 0.3) is 0 Å². The average Bonchev–Trinajstić information content (AvgIpc) is 2.98. The first-order valence-corrected chi connectivity index (χ1v) is 7.54. The van der Waals surface area contributed by atoms with E-state index in [-0.39, 0.29) is 0 Å². The molecule has 2 unspecified atom stereocenters. The minimum atomic E-state index is 0.342. The lowest BCUT2D eigenvalue weighted by Crippen LogP contribution is -2.23. The Morgan fingerprint density at radius 2 is 2.19 bits per heavy atom. The molecule has 2 heterocycles. The van der Waals surface area contributed by atoms with Crippen molar-refractivity contribution in [2.24, 2.45) is 11.8 Å². The summed E-state index contributed by atoms with van der Waals surface area (Å²) in [7, 11) is 0. The molecule has 2 atom stereocenters. The first-order valence-electron chi connectivity index (χ1n) is 7.54. The van der Waals surface area contributed by atoms with Crippen molar-refractivity contribution in [3.8, 4) is 0 Å². The van der Waals surface area contributed by atoms with Crippen LogP contribution in [-0.4, -0.2) is 35.8 Å². The zero-order valence-corrected chi connectivity index (χ0v) is 12.8. The zero-order valence-electron chi connectivity index (χ0n) is 12.8. The first kappa shape index (κ1) is 15.9. The second-order valence-electron chi connectivity index (χ2n) is 5.08. The zero-order chi connectivity index (χ0) is 15.1. The van der Waals surface area contributed by atoms with Crippen LogP contribution < -0.4 is 16.6 Å². The van der Waals surface area contributed by atoms with Crippen molar-refractivity contribution in [3.05, 3.63) is 11.9 Å². The van der Waals surface area contributed by atoms with Crippen molar-refractivity contribution in [2.45, 2.75) is 39.4 Å². The molecule has 1 aromatic rings. The van der Waals surface area contributed by atoms with Crippen LogP contribution in [0.5, 0.6) is 0 Å². The van der Waals surface area contributed by atoms with Crippen molar-refractivity contribution in [1.82, 2.24) is 9.97 Å². The third kappa shape index (κ3) is 4.52. The normalized spacial score (nSPS) is 21.5. The van der Waals surface area contributed by atoms with Gasteiger partial charge in [-0.3, -0.25) is 0 Å². The van der Waals surface area contributed by atoms with Crippen LogP contribution in [0.2, 0.25) is 0 Å². The predicted octanol–water partition coefficient (Wildman–Crippen LogP) is 1.53. The molecule has 1 saturated heterocycles. The van der Waals surface area contributed by atoms with E-state index in [2.05, 4.69) is 27.6 Å². The standard InChI is InChI=1S/C14H25N5O2/c1-3-11-10(5-6-21-11)8-16-12-7-13(19-15)18-14(17-12)9-20-4-2/h7,10-11H,3-6,8-9,15H2,1-2H3,(H2,16,17,18,19). The number of rotatable bonds is 8. The summed E-state index contributed by atoms with van der Waals surface area (Å²) in [6.07, 6.45) is 2.47. The first-order chi connectivity index (χ1) is 10.3. The molecule has 7 nitrogen and oxygen atoms in total. The number of ether oxygens (including phenoxy) is 2. The van der Waals surface area contributed by atoms with Gasteiger partial charge in [-0.05, 0) is 19.8 Å². The van der Waals surface area contributed by atoms with E-state index in [0.29, 0.717) is 36.9 Å². The van der Waals surface area contributed by atoms with E-state index in [1.165, 1.54) is 0 Å². The molecule has 4 N–H and O–H groups in total. The van der Waals surface area contributed by atoms with E-state index in [1.54, 1.807) is 6.07 Å². The van der Waals surface area contributed by atoms with Gasteiger partial charge in [0.1, 0.15) is 18.2 Å². The molecule has 1 fully saturated rings. The minimum Gasteiger partial charge on any atom is -0.378 e. The summed E-state index contributed by atoms with van der Waals surface area (Å²) in [5, 5.41) is 3.36. The molecule has 0 amide bonds. The fourth-order valence-corrected chi connectivity index (χ4v) is 2.53. The molecular formula is C14H25N5O2. The molecular weight excluding hydrogens is 270 g/mol. The third-order valence-corrected chi connectivity index (χ3v) is 3.65. The largest absolute Gasteiger partial charge is 0.378 e. The topological polar surface area (TPSA) is 94.3 Å². The summed E-state index contributed by atoms with van der Waals surface area (Å²) >= 11 is 0. The van der Waals surface area contributed by atoms with Gasteiger partial charge in [-0.1, -0.05) is 6.92 Å². The number of nitrogens with one attached hydrogen (secondary N) is 2.